The molecule has 17 heavy (non-hydrogen) atoms. The van der Waals surface area contributed by atoms with Gasteiger partial charge in [0, 0.05) is 13.2 Å². The molecule has 0 spiro atoms. The van der Waals surface area contributed by atoms with Gasteiger partial charge in [-0.3, -0.25) is 4.68 Å². The fourth-order valence-corrected chi connectivity index (χ4v) is 1.55. The number of carbonyl (C=O) groups is 1. The van der Waals surface area contributed by atoms with Crippen LogP contribution in [0.15, 0.2) is 24.4 Å². The van der Waals surface area contributed by atoms with E-state index in [-0.39, 0.29) is 5.69 Å². The second-order valence-corrected chi connectivity index (χ2v) is 3.40. The van der Waals surface area contributed by atoms with Crippen molar-refractivity contribution in [3.63, 3.8) is 0 Å². The maximum absolute atomic E-state index is 10.9. The summed E-state index contributed by atoms with van der Waals surface area (Å²) >= 11 is 0. The van der Waals surface area contributed by atoms with E-state index in [1.807, 2.05) is 0 Å². The second-order valence-electron chi connectivity index (χ2n) is 3.40. The van der Waals surface area contributed by atoms with Gasteiger partial charge in [0.25, 0.3) is 0 Å². The number of carboxylic acid groups (broad SMARTS) is 1. The minimum Gasteiger partial charge on any atom is -0.481 e. The van der Waals surface area contributed by atoms with Gasteiger partial charge >= 0.3 is 5.97 Å². The number of aryl methyl sites for hydroxylation is 1. The van der Waals surface area contributed by atoms with E-state index in [0.717, 1.165) is 0 Å². The Morgan fingerprint density at radius 2 is 2.29 bits per heavy atom. The van der Waals surface area contributed by atoms with E-state index < -0.39 is 5.97 Å². The zero-order valence-corrected chi connectivity index (χ0v) is 9.41. The largest absolute Gasteiger partial charge is 0.481 e. The molecule has 2 rings (SSSR count). The molecule has 2 aromatic heterocycles. The SMILES string of the molecule is COc1ncccc1-c1cc(C(=O)O)n(C)n1. The van der Waals surface area contributed by atoms with Crippen LogP contribution in [0, 0.1) is 0 Å². The topological polar surface area (TPSA) is 77.2 Å². The van der Waals surface area contributed by atoms with Gasteiger partial charge in [-0.05, 0) is 18.2 Å². The Morgan fingerprint density at radius 1 is 1.53 bits per heavy atom. The summed E-state index contributed by atoms with van der Waals surface area (Å²) in [6, 6.07) is 5.01. The number of hydrogen-bond acceptors (Lipinski definition) is 4. The van der Waals surface area contributed by atoms with Crippen molar-refractivity contribution in [2.24, 2.45) is 7.05 Å². The molecule has 6 heteroatoms. The van der Waals surface area contributed by atoms with Crippen molar-refractivity contribution in [1.82, 2.24) is 14.8 Å². The zero-order valence-electron chi connectivity index (χ0n) is 9.41. The van der Waals surface area contributed by atoms with Gasteiger partial charge in [0.2, 0.25) is 5.88 Å². The monoisotopic (exact) mass is 233 g/mol. The summed E-state index contributed by atoms with van der Waals surface area (Å²) in [6.45, 7) is 0. The Labute approximate surface area is 97.5 Å². The number of ether oxygens (including phenoxy) is 1. The number of carboxylic acids is 1. The average Bonchev–Trinajstić information content (AvgIpc) is 2.71. The van der Waals surface area contributed by atoms with E-state index in [1.165, 1.54) is 17.9 Å². The Kier molecular flexibility index (Phi) is 2.78. The quantitative estimate of drug-likeness (QED) is 0.861. The zero-order chi connectivity index (χ0) is 12.4. The molecule has 0 unspecified atom stereocenters. The predicted octanol–water partition coefficient (Wildman–Crippen LogP) is 1.19. The van der Waals surface area contributed by atoms with Crippen LogP contribution < -0.4 is 4.74 Å². The summed E-state index contributed by atoms with van der Waals surface area (Å²) in [7, 11) is 3.09. The molecule has 0 saturated carbocycles. The highest BCUT2D eigenvalue weighted by molar-refractivity contribution is 5.87. The minimum absolute atomic E-state index is 0.117. The Balaban J connectivity index is 2.53. The molecular formula is C11H11N3O3. The van der Waals surface area contributed by atoms with Crippen molar-refractivity contribution >= 4 is 5.97 Å². The van der Waals surface area contributed by atoms with Gasteiger partial charge in [-0.1, -0.05) is 0 Å². The lowest BCUT2D eigenvalue weighted by Gasteiger charge is -2.02. The van der Waals surface area contributed by atoms with Crippen LogP contribution in [0.25, 0.3) is 11.3 Å². The molecule has 0 amide bonds. The van der Waals surface area contributed by atoms with Gasteiger partial charge in [0.05, 0.1) is 18.4 Å². The van der Waals surface area contributed by atoms with Crippen LogP contribution in [0.2, 0.25) is 0 Å². The summed E-state index contributed by atoms with van der Waals surface area (Å²) in [5.41, 5.74) is 1.30. The number of aromatic nitrogens is 3. The Bertz CT molecular complexity index is 563. The van der Waals surface area contributed by atoms with E-state index in [0.29, 0.717) is 17.1 Å². The lowest BCUT2D eigenvalue weighted by Crippen LogP contribution is -2.04. The molecule has 1 N–H and O–H groups in total. The summed E-state index contributed by atoms with van der Waals surface area (Å²) in [6.07, 6.45) is 1.60. The van der Waals surface area contributed by atoms with Crippen LogP contribution in [0.1, 0.15) is 10.5 Å². The molecule has 2 heterocycles. The predicted molar refractivity (Wildman–Crippen MR) is 60.0 cm³/mol. The summed E-state index contributed by atoms with van der Waals surface area (Å²) in [4.78, 5) is 15.0. The van der Waals surface area contributed by atoms with E-state index in [9.17, 15) is 4.79 Å². The summed E-state index contributed by atoms with van der Waals surface area (Å²) in [5.74, 6) is -0.600. The van der Waals surface area contributed by atoms with Crippen molar-refractivity contribution in [2.75, 3.05) is 7.11 Å². The normalized spacial score (nSPS) is 10.2. The number of rotatable bonds is 3. The van der Waals surface area contributed by atoms with Gasteiger partial charge in [0.15, 0.2) is 0 Å². The summed E-state index contributed by atoms with van der Waals surface area (Å²) in [5, 5.41) is 13.1. The first-order valence-electron chi connectivity index (χ1n) is 4.90. The molecule has 0 saturated heterocycles. The third-order valence-corrected chi connectivity index (χ3v) is 2.34. The number of hydrogen-bond donors (Lipinski definition) is 1. The molecule has 0 fully saturated rings. The van der Waals surface area contributed by atoms with E-state index >= 15 is 0 Å². The van der Waals surface area contributed by atoms with E-state index in [2.05, 4.69) is 10.1 Å². The highest BCUT2D eigenvalue weighted by Gasteiger charge is 2.15. The van der Waals surface area contributed by atoms with Crippen molar-refractivity contribution < 1.29 is 14.6 Å². The molecule has 0 radical (unpaired) electrons. The van der Waals surface area contributed by atoms with Crippen LogP contribution >= 0.6 is 0 Å². The van der Waals surface area contributed by atoms with E-state index in [1.54, 1.807) is 25.4 Å². The molecule has 2 aromatic rings. The Hall–Kier alpha value is -2.37. The molecule has 0 atom stereocenters. The number of aromatic carboxylic acids is 1. The third-order valence-electron chi connectivity index (χ3n) is 2.34. The standard InChI is InChI=1S/C11H11N3O3/c1-14-9(11(15)16)6-8(13-14)7-4-3-5-12-10(7)17-2/h3-6H,1-2H3,(H,15,16). The first-order chi connectivity index (χ1) is 8.13. The van der Waals surface area contributed by atoms with Crippen molar-refractivity contribution in [3.8, 4) is 17.1 Å². The third kappa shape index (κ3) is 1.96. The minimum atomic E-state index is -1.02. The van der Waals surface area contributed by atoms with Crippen molar-refractivity contribution in [2.45, 2.75) is 0 Å². The molecule has 88 valence electrons. The number of methoxy groups -OCH3 is 1. The second kappa shape index (κ2) is 4.25. The van der Waals surface area contributed by atoms with Crippen molar-refractivity contribution in [1.29, 1.82) is 0 Å². The number of pyridine rings is 1. The maximum atomic E-state index is 10.9. The van der Waals surface area contributed by atoms with Gasteiger partial charge in [0.1, 0.15) is 5.69 Å². The van der Waals surface area contributed by atoms with Crippen LogP contribution in [0.4, 0.5) is 0 Å². The molecule has 0 aliphatic heterocycles. The highest BCUT2D eigenvalue weighted by Crippen LogP contribution is 2.26. The van der Waals surface area contributed by atoms with Gasteiger partial charge in [-0.15, -0.1) is 0 Å². The summed E-state index contributed by atoms with van der Waals surface area (Å²) < 4.78 is 6.41. The van der Waals surface area contributed by atoms with Crippen molar-refractivity contribution in [3.05, 3.63) is 30.1 Å². The average molecular weight is 233 g/mol. The molecule has 0 aliphatic carbocycles. The fourth-order valence-electron chi connectivity index (χ4n) is 1.55. The van der Waals surface area contributed by atoms with Gasteiger partial charge in [-0.2, -0.15) is 5.10 Å². The van der Waals surface area contributed by atoms with Crippen LogP contribution in [-0.4, -0.2) is 33.0 Å². The maximum Gasteiger partial charge on any atom is 0.354 e. The Morgan fingerprint density at radius 3 is 2.88 bits per heavy atom. The number of nitrogens with zero attached hydrogens (tertiary/aromatic N) is 3. The molecule has 0 aliphatic rings. The van der Waals surface area contributed by atoms with Crippen LogP contribution in [0.5, 0.6) is 5.88 Å². The lowest BCUT2D eigenvalue weighted by molar-refractivity contribution is 0.0685. The fraction of sp³-hybridized carbons (Fsp3) is 0.182. The molecule has 6 nitrogen and oxygen atoms in total. The van der Waals surface area contributed by atoms with E-state index in [4.69, 9.17) is 9.84 Å². The molecule has 0 aromatic carbocycles. The molecular weight excluding hydrogens is 222 g/mol. The van der Waals surface area contributed by atoms with Gasteiger partial charge in [-0.25, -0.2) is 9.78 Å². The van der Waals surface area contributed by atoms with Gasteiger partial charge < -0.3 is 9.84 Å². The first kappa shape index (κ1) is 11.1. The lowest BCUT2D eigenvalue weighted by atomic mass is 10.2. The smallest absolute Gasteiger partial charge is 0.354 e. The highest BCUT2D eigenvalue weighted by atomic mass is 16.5. The van der Waals surface area contributed by atoms with Crippen LogP contribution in [-0.2, 0) is 7.05 Å². The van der Waals surface area contributed by atoms with Crippen LogP contribution in [0.3, 0.4) is 0 Å². The first-order valence-corrected chi connectivity index (χ1v) is 4.90. The molecule has 0 bridgehead atoms.